The van der Waals surface area contributed by atoms with Crippen LogP contribution in [0.1, 0.15) is 0 Å². The Morgan fingerprint density at radius 3 is 2.67 bits per heavy atom. The molecule has 0 spiro atoms. The predicted molar refractivity (Wildman–Crippen MR) is 48.6 cm³/mol. The summed E-state index contributed by atoms with van der Waals surface area (Å²) in [6, 6.07) is 4.44. The van der Waals surface area contributed by atoms with E-state index in [-0.39, 0.29) is 5.69 Å². The number of nitroso groups, excluding NO2 is 1. The van der Waals surface area contributed by atoms with Gasteiger partial charge in [-0.05, 0) is 23.4 Å². The molecule has 1 aromatic carbocycles. The molecule has 0 radical (unpaired) electrons. The number of nitrogens with two attached hydrogens (primary N) is 1. The summed E-state index contributed by atoms with van der Waals surface area (Å²) in [4.78, 5) is 10.6. The highest BCUT2D eigenvalue weighted by Crippen LogP contribution is 2.21. The third-order valence-electron chi connectivity index (χ3n) is 1.41. The standard InChI is InChI=1S/C7H8N2O2S/c1-12(11)7-4-5(9-10)2-3-6(7)8/h2-4H,8H2,1H3. The summed E-state index contributed by atoms with van der Waals surface area (Å²) in [6.07, 6.45) is 1.50. The fraction of sp³-hybridized carbons (Fsp3) is 0.143. The normalized spacial score (nSPS) is 12.4. The van der Waals surface area contributed by atoms with Gasteiger partial charge in [-0.1, -0.05) is 0 Å². The van der Waals surface area contributed by atoms with Crippen molar-refractivity contribution < 1.29 is 4.21 Å². The third kappa shape index (κ3) is 1.68. The fourth-order valence-electron chi connectivity index (χ4n) is 0.829. The highest BCUT2D eigenvalue weighted by Gasteiger charge is 2.04. The molecule has 1 aromatic rings. The van der Waals surface area contributed by atoms with Gasteiger partial charge in [-0.2, -0.15) is 0 Å². The number of hydrogen-bond donors (Lipinski definition) is 1. The zero-order valence-electron chi connectivity index (χ0n) is 6.48. The van der Waals surface area contributed by atoms with Gasteiger partial charge in [0.2, 0.25) is 0 Å². The van der Waals surface area contributed by atoms with E-state index in [0.717, 1.165) is 0 Å². The molecule has 0 aromatic heterocycles. The Balaban J connectivity index is 3.25. The molecule has 64 valence electrons. The Labute approximate surface area is 72.2 Å². The van der Waals surface area contributed by atoms with Crippen LogP contribution in [0.3, 0.4) is 0 Å². The van der Waals surface area contributed by atoms with Crippen molar-refractivity contribution >= 4 is 22.2 Å². The van der Waals surface area contributed by atoms with Gasteiger partial charge in [0.15, 0.2) is 0 Å². The van der Waals surface area contributed by atoms with E-state index >= 15 is 0 Å². The molecule has 0 aliphatic carbocycles. The van der Waals surface area contributed by atoms with E-state index in [4.69, 9.17) is 5.73 Å². The summed E-state index contributed by atoms with van der Waals surface area (Å²) in [7, 11) is -1.18. The first-order valence-corrected chi connectivity index (χ1v) is 4.77. The van der Waals surface area contributed by atoms with Crippen LogP contribution in [0.25, 0.3) is 0 Å². The van der Waals surface area contributed by atoms with E-state index in [2.05, 4.69) is 5.18 Å². The Kier molecular flexibility index (Phi) is 2.54. The van der Waals surface area contributed by atoms with E-state index in [0.29, 0.717) is 10.6 Å². The first kappa shape index (κ1) is 8.86. The van der Waals surface area contributed by atoms with Gasteiger partial charge >= 0.3 is 0 Å². The number of benzene rings is 1. The van der Waals surface area contributed by atoms with Gasteiger partial charge in [0.1, 0.15) is 5.69 Å². The van der Waals surface area contributed by atoms with Crippen LogP contribution >= 0.6 is 0 Å². The molecule has 4 nitrogen and oxygen atoms in total. The zero-order valence-corrected chi connectivity index (χ0v) is 7.30. The number of anilines is 1. The van der Waals surface area contributed by atoms with Gasteiger partial charge in [-0.3, -0.25) is 4.21 Å². The summed E-state index contributed by atoms with van der Waals surface area (Å²) in [6.45, 7) is 0. The molecule has 0 amide bonds. The maximum absolute atomic E-state index is 11.0. The lowest BCUT2D eigenvalue weighted by Gasteiger charge is -2.00. The summed E-state index contributed by atoms with van der Waals surface area (Å²) in [5.41, 5.74) is 6.17. The Morgan fingerprint density at radius 1 is 1.50 bits per heavy atom. The van der Waals surface area contributed by atoms with Gasteiger partial charge in [0.05, 0.1) is 15.7 Å². The largest absolute Gasteiger partial charge is 0.398 e. The third-order valence-corrected chi connectivity index (χ3v) is 2.39. The average Bonchev–Trinajstić information content (AvgIpc) is 2.05. The number of hydrogen-bond acceptors (Lipinski definition) is 4. The zero-order chi connectivity index (χ0) is 9.14. The molecule has 0 heterocycles. The van der Waals surface area contributed by atoms with Crippen LogP contribution < -0.4 is 5.73 Å². The van der Waals surface area contributed by atoms with E-state index in [1.807, 2.05) is 0 Å². The second-order valence-corrected chi connectivity index (χ2v) is 3.62. The topological polar surface area (TPSA) is 72.5 Å². The van der Waals surface area contributed by atoms with Crippen LogP contribution in [0, 0.1) is 4.91 Å². The van der Waals surface area contributed by atoms with Crippen molar-refractivity contribution in [3.63, 3.8) is 0 Å². The van der Waals surface area contributed by atoms with E-state index in [1.165, 1.54) is 24.5 Å². The SMILES string of the molecule is CS(=O)c1cc(N=O)ccc1N. The van der Waals surface area contributed by atoms with Crippen LogP contribution in [0.2, 0.25) is 0 Å². The van der Waals surface area contributed by atoms with Gasteiger partial charge in [0, 0.05) is 11.9 Å². The van der Waals surface area contributed by atoms with Crippen molar-refractivity contribution in [2.24, 2.45) is 5.18 Å². The molecule has 12 heavy (non-hydrogen) atoms. The van der Waals surface area contributed by atoms with Crippen LogP contribution in [0.4, 0.5) is 11.4 Å². The molecule has 0 saturated carbocycles. The second kappa shape index (κ2) is 3.44. The number of nitrogens with zero attached hydrogens (tertiary/aromatic N) is 1. The maximum Gasteiger partial charge on any atom is 0.109 e. The summed E-state index contributed by atoms with van der Waals surface area (Å²) in [5.74, 6) is 0. The molecule has 1 atom stereocenters. The van der Waals surface area contributed by atoms with Crippen LogP contribution in [0.15, 0.2) is 28.3 Å². The Hall–Kier alpha value is -1.23. The molecule has 0 saturated heterocycles. The highest BCUT2D eigenvalue weighted by molar-refractivity contribution is 7.84. The molecule has 1 unspecified atom stereocenters. The minimum atomic E-state index is -1.18. The first-order valence-electron chi connectivity index (χ1n) is 3.21. The second-order valence-electron chi connectivity index (χ2n) is 2.27. The minimum Gasteiger partial charge on any atom is -0.398 e. The lowest BCUT2D eigenvalue weighted by Crippen LogP contribution is -1.94. The Morgan fingerprint density at radius 2 is 2.17 bits per heavy atom. The molecule has 0 aliphatic heterocycles. The van der Waals surface area contributed by atoms with Crippen molar-refractivity contribution in [2.45, 2.75) is 4.90 Å². The molecule has 1 rings (SSSR count). The molecular weight excluding hydrogens is 176 g/mol. The quantitative estimate of drug-likeness (QED) is 0.557. The number of nitrogen functional groups attached to an aromatic ring is 1. The van der Waals surface area contributed by atoms with Crippen LogP contribution in [-0.4, -0.2) is 10.5 Å². The summed E-state index contributed by atoms with van der Waals surface area (Å²) >= 11 is 0. The molecule has 2 N–H and O–H groups in total. The van der Waals surface area contributed by atoms with Gasteiger partial charge in [0.25, 0.3) is 0 Å². The summed E-state index contributed by atoms with van der Waals surface area (Å²) < 4.78 is 11.0. The molecule has 0 bridgehead atoms. The average molecular weight is 184 g/mol. The fourth-order valence-corrected chi connectivity index (χ4v) is 1.52. The van der Waals surface area contributed by atoms with Crippen molar-refractivity contribution in [3.8, 4) is 0 Å². The van der Waals surface area contributed by atoms with Crippen LogP contribution in [-0.2, 0) is 10.8 Å². The van der Waals surface area contributed by atoms with Crippen molar-refractivity contribution in [1.29, 1.82) is 0 Å². The van der Waals surface area contributed by atoms with Gasteiger partial charge < -0.3 is 5.73 Å². The lowest BCUT2D eigenvalue weighted by atomic mass is 10.3. The first-order chi connectivity index (χ1) is 5.65. The molecule has 0 aliphatic rings. The lowest BCUT2D eigenvalue weighted by molar-refractivity contribution is 0.687. The van der Waals surface area contributed by atoms with Gasteiger partial charge in [-0.25, -0.2) is 0 Å². The molecular formula is C7H8N2O2S. The van der Waals surface area contributed by atoms with Gasteiger partial charge in [-0.15, -0.1) is 4.91 Å². The van der Waals surface area contributed by atoms with Crippen molar-refractivity contribution in [1.82, 2.24) is 0 Å². The Bertz CT molecular complexity index is 338. The van der Waals surface area contributed by atoms with E-state index < -0.39 is 10.8 Å². The molecule has 0 fully saturated rings. The highest BCUT2D eigenvalue weighted by atomic mass is 32.2. The maximum atomic E-state index is 11.0. The van der Waals surface area contributed by atoms with E-state index in [9.17, 15) is 9.12 Å². The number of rotatable bonds is 2. The van der Waals surface area contributed by atoms with Crippen molar-refractivity contribution in [2.75, 3.05) is 12.0 Å². The van der Waals surface area contributed by atoms with Crippen molar-refractivity contribution in [3.05, 3.63) is 23.1 Å². The predicted octanol–water partition coefficient (Wildman–Crippen LogP) is 1.40. The smallest absolute Gasteiger partial charge is 0.109 e. The van der Waals surface area contributed by atoms with E-state index in [1.54, 1.807) is 0 Å². The summed E-state index contributed by atoms with van der Waals surface area (Å²) in [5, 5.41) is 2.71. The molecule has 5 heteroatoms. The van der Waals surface area contributed by atoms with Crippen LogP contribution in [0.5, 0.6) is 0 Å². The monoisotopic (exact) mass is 184 g/mol. The minimum absolute atomic E-state index is 0.245.